The molecule has 1 amide bonds. The largest absolute Gasteiger partial charge is 0.390 e. The first-order valence-electron chi connectivity index (χ1n) is 9.15. The smallest absolute Gasteiger partial charge is 0.324 e. The van der Waals surface area contributed by atoms with Gasteiger partial charge in [0.05, 0.1) is 23.2 Å². The Morgan fingerprint density at radius 1 is 1.07 bits per heavy atom. The molecule has 3 rings (SSSR count). The van der Waals surface area contributed by atoms with E-state index in [0.29, 0.717) is 10.9 Å². The van der Waals surface area contributed by atoms with Gasteiger partial charge >= 0.3 is 6.18 Å². The van der Waals surface area contributed by atoms with E-state index in [1.165, 1.54) is 44.2 Å². The molecule has 2 aromatic carbocycles. The van der Waals surface area contributed by atoms with Crippen molar-refractivity contribution >= 4 is 22.5 Å². The first-order chi connectivity index (χ1) is 14.0. The minimum atomic E-state index is -4.59. The van der Waals surface area contributed by atoms with E-state index in [1.54, 1.807) is 6.07 Å². The zero-order chi connectivity index (χ0) is 22.1. The molecular formula is C22H19F5N2O. The summed E-state index contributed by atoms with van der Waals surface area (Å²) in [6.45, 7) is 2.74. The number of nitrogens with zero attached hydrogens (tertiary/aromatic N) is 1. The van der Waals surface area contributed by atoms with E-state index in [0.717, 1.165) is 12.1 Å². The molecular weight excluding hydrogens is 403 g/mol. The van der Waals surface area contributed by atoms with Crippen molar-refractivity contribution in [1.82, 2.24) is 4.98 Å². The first kappa shape index (κ1) is 21.7. The number of nitrogens with one attached hydrogen (secondary N) is 1. The maximum atomic E-state index is 13.9. The zero-order valence-corrected chi connectivity index (χ0v) is 16.3. The second-order valence-electron chi connectivity index (χ2n) is 7.54. The average Bonchev–Trinajstić information content (AvgIpc) is 2.63. The zero-order valence-electron chi connectivity index (χ0n) is 16.3. The number of aromatic nitrogens is 1. The number of carbonyl (C=O) groups is 1. The quantitative estimate of drug-likeness (QED) is 0.516. The first-order valence-corrected chi connectivity index (χ1v) is 9.15. The van der Waals surface area contributed by atoms with Crippen LogP contribution in [0.4, 0.5) is 27.6 Å². The minimum Gasteiger partial charge on any atom is -0.324 e. The number of pyridine rings is 1. The highest BCUT2D eigenvalue weighted by atomic mass is 19.4. The Bertz CT molecular complexity index is 1080. The van der Waals surface area contributed by atoms with Gasteiger partial charge in [-0.2, -0.15) is 13.2 Å². The summed E-state index contributed by atoms with van der Waals surface area (Å²) in [5.74, 6) is -1.91. The van der Waals surface area contributed by atoms with Crippen molar-refractivity contribution < 1.29 is 26.7 Å². The second-order valence-corrected chi connectivity index (χ2v) is 7.54. The fourth-order valence-corrected chi connectivity index (χ4v) is 3.37. The molecule has 0 radical (unpaired) electrons. The lowest BCUT2D eigenvalue weighted by Crippen LogP contribution is -2.39. The van der Waals surface area contributed by atoms with Crippen molar-refractivity contribution in [2.24, 2.45) is 5.41 Å². The van der Waals surface area contributed by atoms with Gasteiger partial charge in [0.2, 0.25) is 5.91 Å². The number of para-hydroxylation sites is 1. The van der Waals surface area contributed by atoms with E-state index in [9.17, 15) is 26.7 Å². The number of fused-ring (bicyclic) bond motifs is 1. The molecule has 0 aliphatic carbocycles. The molecule has 0 fully saturated rings. The van der Waals surface area contributed by atoms with Gasteiger partial charge in [0.25, 0.3) is 0 Å². The van der Waals surface area contributed by atoms with Crippen molar-refractivity contribution in [3.63, 3.8) is 0 Å². The number of benzene rings is 2. The van der Waals surface area contributed by atoms with Crippen LogP contribution < -0.4 is 5.32 Å². The van der Waals surface area contributed by atoms with Crippen LogP contribution in [0.2, 0.25) is 0 Å². The number of anilines is 1. The van der Waals surface area contributed by atoms with Crippen molar-refractivity contribution in [2.45, 2.75) is 32.9 Å². The summed E-state index contributed by atoms with van der Waals surface area (Å²) in [6, 6.07) is 10.8. The molecule has 1 heterocycles. The van der Waals surface area contributed by atoms with Gasteiger partial charge in [-0.1, -0.05) is 31.2 Å². The maximum absolute atomic E-state index is 13.9. The van der Waals surface area contributed by atoms with Gasteiger partial charge in [0, 0.05) is 5.39 Å². The van der Waals surface area contributed by atoms with Crippen molar-refractivity contribution in [2.75, 3.05) is 5.32 Å². The van der Waals surface area contributed by atoms with E-state index >= 15 is 0 Å². The average molecular weight is 422 g/mol. The molecule has 30 heavy (non-hydrogen) atoms. The van der Waals surface area contributed by atoms with Crippen molar-refractivity contribution in [3.05, 3.63) is 71.4 Å². The van der Waals surface area contributed by atoms with Gasteiger partial charge in [-0.3, -0.25) is 4.79 Å². The Labute approximate surface area is 169 Å². The molecule has 158 valence electrons. The summed E-state index contributed by atoms with van der Waals surface area (Å²) < 4.78 is 66.8. The predicted octanol–water partition coefficient (Wildman–Crippen LogP) is 5.96. The fraction of sp³-hybridized carbons (Fsp3) is 0.273. The van der Waals surface area contributed by atoms with Crippen LogP contribution in [0.3, 0.4) is 0 Å². The number of alkyl halides is 3. The lowest BCUT2D eigenvalue weighted by molar-refractivity contribution is -0.164. The molecule has 1 N–H and O–H groups in total. The SMILES string of the molecule is Cc1nc2c(F)cccc2cc1NC(=O)C(C)(Cc1ccc(F)cc1)CC(F)(F)F. The Morgan fingerprint density at radius 3 is 2.37 bits per heavy atom. The molecule has 3 aromatic rings. The molecule has 3 nitrogen and oxygen atoms in total. The van der Waals surface area contributed by atoms with Crippen LogP contribution in [0, 0.1) is 24.0 Å². The molecule has 0 saturated carbocycles. The second kappa shape index (κ2) is 8.01. The predicted molar refractivity (Wildman–Crippen MR) is 104 cm³/mol. The van der Waals surface area contributed by atoms with Gasteiger partial charge in [-0.15, -0.1) is 0 Å². The fourth-order valence-electron chi connectivity index (χ4n) is 3.37. The van der Waals surface area contributed by atoms with Gasteiger partial charge in [0.1, 0.15) is 17.2 Å². The number of hydrogen-bond acceptors (Lipinski definition) is 2. The van der Waals surface area contributed by atoms with Crippen molar-refractivity contribution in [1.29, 1.82) is 0 Å². The van der Waals surface area contributed by atoms with Crippen LogP contribution in [-0.4, -0.2) is 17.1 Å². The molecule has 1 atom stereocenters. The van der Waals surface area contributed by atoms with E-state index in [4.69, 9.17) is 0 Å². The van der Waals surface area contributed by atoms with E-state index < -0.39 is 35.6 Å². The molecule has 0 aliphatic rings. The Balaban J connectivity index is 1.94. The van der Waals surface area contributed by atoms with Crippen LogP contribution in [0.15, 0.2) is 48.5 Å². The standard InChI is InChI=1S/C22H19F5N2O/c1-13-18(10-15-4-3-5-17(24)19(15)28-13)29-20(30)21(2,12-22(25,26)27)11-14-6-8-16(23)9-7-14/h3-10H,11-12H2,1-2H3,(H,29,30). The Morgan fingerprint density at radius 2 is 1.73 bits per heavy atom. The van der Waals surface area contributed by atoms with Crippen molar-refractivity contribution in [3.8, 4) is 0 Å². The van der Waals surface area contributed by atoms with Crippen LogP contribution in [0.5, 0.6) is 0 Å². The summed E-state index contributed by atoms with van der Waals surface area (Å²) >= 11 is 0. The highest BCUT2D eigenvalue weighted by Gasteiger charge is 2.44. The summed E-state index contributed by atoms with van der Waals surface area (Å²) in [7, 11) is 0. The van der Waals surface area contributed by atoms with Gasteiger partial charge in [-0.05, 0) is 43.2 Å². The van der Waals surface area contributed by atoms with E-state index in [-0.39, 0.29) is 23.3 Å². The molecule has 0 saturated heterocycles. The van der Waals surface area contributed by atoms with Gasteiger partial charge in [0.15, 0.2) is 0 Å². The summed E-state index contributed by atoms with van der Waals surface area (Å²) in [5.41, 5.74) is -0.867. The summed E-state index contributed by atoms with van der Waals surface area (Å²) in [6.07, 6.45) is -6.20. The summed E-state index contributed by atoms with van der Waals surface area (Å²) in [5, 5.41) is 2.93. The van der Waals surface area contributed by atoms with E-state index in [2.05, 4.69) is 10.3 Å². The van der Waals surface area contributed by atoms with Gasteiger partial charge < -0.3 is 5.32 Å². The van der Waals surface area contributed by atoms with Crippen LogP contribution in [-0.2, 0) is 11.2 Å². The Kier molecular flexibility index (Phi) is 5.78. The maximum Gasteiger partial charge on any atom is 0.390 e. The van der Waals surface area contributed by atoms with Crippen LogP contribution in [0.25, 0.3) is 10.9 Å². The lowest BCUT2D eigenvalue weighted by atomic mass is 9.79. The molecule has 8 heteroatoms. The third kappa shape index (κ3) is 4.93. The topological polar surface area (TPSA) is 42.0 Å². The number of carbonyl (C=O) groups excluding carboxylic acids is 1. The molecule has 1 aromatic heterocycles. The number of amides is 1. The highest BCUT2D eigenvalue weighted by Crippen LogP contribution is 2.38. The van der Waals surface area contributed by atoms with E-state index in [1.807, 2.05) is 0 Å². The number of hydrogen-bond donors (Lipinski definition) is 1. The normalized spacial score (nSPS) is 13.8. The number of aryl methyl sites for hydroxylation is 1. The third-order valence-corrected chi connectivity index (χ3v) is 4.88. The van der Waals surface area contributed by atoms with Gasteiger partial charge in [-0.25, -0.2) is 13.8 Å². The Hall–Kier alpha value is -3.03. The number of halogens is 5. The summed E-state index contributed by atoms with van der Waals surface area (Å²) in [4.78, 5) is 17.1. The van der Waals surface area contributed by atoms with Crippen LogP contribution in [0.1, 0.15) is 24.6 Å². The molecule has 0 aliphatic heterocycles. The third-order valence-electron chi connectivity index (χ3n) is 4.88. The molecule has 0 bridgehead atoms. The molecule has 1 unspecified atom stereocenters. The lowest BCUT2D eigenvalue weighted by Gasteiger charge is -2.30. The van der Waals surface area contributed by atoms with Crippen LogP contribution >= 0.6 is 0 Å². The highest BCUT2D eigenvalue weighted by molar-refractivity contribution is 5.97. The monoisotopic (exact) mass is 422 g/mol. The molecule has 0 spiro atoms. The number of rotatable bonds is 5. The minimum absolute atomic E-state index is 0.109.